The van der Waals surface area contributed by atoms with E-state index < -0.39 is 36.3 Å². The van der Waals surface area contributed by atoms with E-state index in [9.17, 15) is 9.59 Å². The van der Waals surface area contributed by atoms with Crippen LogP contribution in [0.25, 0.3) is 0 Å². The molecule has 1 unspecified atom stereocenters. The lowest BCUT2D eigenvalue weighted by Crippen LogP contribution is -2.50. The number of carbonyl (C=O) groups excluding carboxylic acids is 2. The van der Waals surface area contributed by atoms with Crippen LogP contribution in [0.1, 0.15) is 38.6 Å². The summed E-state index contributed by atoms with van der Waals surface area (Å²) in [5, 5.41) is 0. The van der Waals surface area contributed by atoms with Gasteiger partial charge in [0.2, 0.25) is 11.8 Å². The van der Waals surface area contributed by atoms with Crippen molar-refractivity contribution in [3.8, 4) is 0 Å². The van der Waals surface area contributed by atoms with Gasteiger partial charge in [-0.15, -0.1) is 0 Å². The van der Waals surface area contributed by atoms with Crippen molar-refractivity contribution in [1.29, 1.82) is 0 Å². The average Bonchev–Trinajstić information content (AvgIpc) is 2.78. The summed E-state index contributed by atoms with van der Waals surface area (Å²) in [6.07, 6.45) is 1.37. The summed E-state index contributed by atoms with van der Waals surface area (Å²) in [6, 6.07) is 7.00. The van der Waals surface area contributed by atoms with Crippen LogP contribution in [-0.4, -0.2) is 35.8 Å². The summed E-state index contributed by atoms with van der Waals surface area (Å²) in [5.41, 5.74) is 0.993. The summed E-state index contributed by atoms with van der Waals surface area (Å²) in [7, 11) is 0. The zero-order valence-corrected chi connectivity index (χ0v) is 14.9. The zero-order valence-electron chi connectivity index (χ0n) is 19.9. The molecule has 1 heterocycles. The Labute approximate surface area is 162 Å². The standard InChI is InChI=1S/C22H26N2O2/c1-2-21(25)24(19-11-7-4-8-12-19)20-14-16-23(22(26)17-20)15-13-18-9-5-3-6-10-18/h3-12,20H,2,13-17H2,1H3/i4D,7D,8D,11D,12D. The number of hydrogen-bond donors (Lipinski definition) is 0. The molecule has 136 valence electrons. The first kappa shape index (κ1) is 12.7. The van der Waals surface area contributed by atoms with Crippen LogP contribution in [0, 0.1) is 0 Å². The first-order valence-corrected chi connectivity index (χ1v) is 8.96. The molecule has 0 aromatic heterocycles. The van der Waals surface area contributed by atoms with Gasteiger partial charge >= 0.3 is 0 Å². The van der Waals surface area contributed by atoms with Gasteiger partial charge in [-0.3, -0.25) is 9.59 Å². The van der Waals surface area contributed by atoms with E-state index in [1.807, 2.05) is 30.3 Å². The smallest absolute Gasteiger partial charge is 0.226 e. The van der Waals surface area contributed by atoms with Gasteiger partial charge in [-0.25, -0.2) is 0 Å². The minimum absolute atomic E-state index is 0.0582. The molecule has 0 aliphatic carbocycles. The quantitative estimate of drug-likeness (QED) is 0.793. The predicted molar refractivity (Wildman–Crippen MR) is 104 cm³/mol. The number of likely N-dealkylation sites (tertiary alicyclic amines) is 1. The van der Waals surface area contributed by atoms with Gasteiger partial charge in [-0.05, 0) is 30.5 Å². The molecule has 4 nitrogen and oxygen atoms in total. The average molecular weight is 355 g/mol. The van der Waals surface area contributed by atoms with E-state index in [0.29, 0.717) is 19.5 Å². The molecule has 1 saturated heterocycles. The Kier molecular flexibility index (Phi) is 4.22. The highest BCUT2D eigenvalue weighted by Gasteiger charge is 2.32. The molecule has 0 spiro atoms. The second-order valence-corrected chi connectivity index (χ2v) is 6.35. The number of anilines is 1. The van der Waals surface area contributed by atoms with Crippen molar-refractivity contribution in [3.63, 3.8) is 0 Å². The lowest BCUT2D eigenvalue weighted by Gasteiger charge is -2.38. The monoisotopic (exact) mass is 355 g/mol. The summed E-state index contributed by atoms with van der Waals surface area (Å²) in [4.78, 5) is 28.6. The highest BCUT2D eigenvalue weighted by Crippen LogP contribution is 2.25. The van der Waals surface area contributed by atoms with E-state index in [4.69, 9.17) is 6.85 Å². The van der Waals surface area contributed by atoms with E-state index in [2.05, 4.69) is 0 Å². The lowest BCUT2D eigenvalue weighted by atomic mass is 10.00. The molecule has 2 aromatic carbocycles. The SMILES string of the molecule is [2H]c1c([2H])c([2H])c(N(C(=O)CC)C2CCN(CCc3ccccc3)C(=O)C2)c([2H])c1[2H]. The maximum absolute atomic E-state index is 12.8. The number of piperidine rings is 1. The van der Waals surface area contributed by atoms with Crippen LogP contribution in [0.15, 0.2) is 60.5 Å². The number of amides is 2. The molecule has 2 amide bonds. The van der Waals surface area contributed by atoms with Gasteiger partial charge in [0.05, 0.1) is 6.85 Å². The molecule has 3 rings (SSSR count). The van der Waals surface area contributed by atoms with Gasteiger partial charge in [0.15, 0.2) is 0 Å². The van der Waals surface area contributed by atoms with Gasteiger partial charge in [0.25, 0.3) is 0 Å². The van der Waals surface area contributed by atoms with E-state index in [1.165, 1.54) is 4.90 Å². The highest BCUT2D eigenvalue weighted by molar-refractivity contribution is 5.94. The summed E-state index contributed by atoms with van der Waals surface area (Å²) >= 11 is 0. The number of carbonyl (C=O) groups is 2. The second kappa shape index (κ2) is 8.65. The van der Waals surface area contributed by atoms with Gasteiger partial charge in [-0.2, -0.15) is 0 Å². The van der Waals surface area contributed by atoms with E-state index in [1.54, 1.807) is 11.8 Å². The molecular weight excluding hydrogens is 324 g/mol. The first-order chi connectivity index (χ1) is 14.8. The molecule has 1 aliphatic heterocycles. The van der Waals surface area contributed by atoms with Crippen LogP contribution >= 0.6 is 0 Å². The van der Waals surface area contributed by atoms with Gasteiger partial charge in [0, 0.05) is 37.7 Å². The Balaban J connectivity index is 1.83. The van der Waals surface area contributed by atoms with E-state index in [0.717, 1.165) is 12.0 Å². The summed E-state index contributed by atoms with van der Waals surface area (Å²) < 4.78 is 40.1. The molecule has 0 saturated carbocycles. The van der Waals surface area contributed by atoms with E-state index >= 15 is 0 Å². The maximum Gasteiger partial charge on any atom is 0.226 e. The van der Waals surface area contributed by atoms with Gasteiger partial charge in [0.1, 0.15) is 0 Å². The molecule has 2 aromatic rings. The largest absolute Gasteiger partial charge is 0.342 e. The Morgan fingerprint density at radius 3 is 2.62 bits per heavy atom. The predicted octanol–water partition coefficient (Wildman–Crippen LogP) is 3.66. The van der Waals surface area contributed by atoms with E-state index in [-0.39, 0.29) is 30.3 Å². The third-order valence-corrected chi connectivity index (χ3v) is 4.67. The minimum Gasteiger partial charge on any atom is -0.342 e. The van der Waals surface area contributed by atoms with Crippen LogP contribution in [-0.2, 0) is 16.0 Å². The minimum atomic E-state index is -0.545. The van der Waals surface area contributed by atoms with Crippen molar-refractivity contribution in [2.24, 2.45) is 0 Å². The molecule has 0 N–H and O–H groups in total. The normalized spacial score (nSPS) is 19.9. The molecule has 1 aliphatic rings. The fourth-order valence-corrected chi connectivity index (χ4v) is 3.27. The Hall–Kier alpha value is -2.62. The van der Waals surface area contributed by atoms with Crippen molar-refractivity contribution in [2.45, 2.75) is 38.6 Å². The molecule has 1 atom stereocenters. The number of para-hydroxylation sites is 1. The molecule has 26 heavy (non-hydrogen) atoms. The topological polar surface area (TPSA) is 40.6 Å². The Bertz CT molecular complexity index is 955. The highest BCUT2D eigenvalue weighted by atomic mass is 16.2. The molecule has 1 fully saturated rings. The van der Waals surface area contributed by atoms with Crippen LogP contribution in [0.3, 0.4) is 0 Å². The molecule has 0 radical (unpaired) electrons. The Morgan fingerprint density at radius 1 is 1.23 bits per heavy atom. The van der Waals surface area contributed by atoms with Gasteiger partial charge in [-0.1, -0.05) is 55.4 Å². The summed E-state index contributed by atoms with van der Waals surface area (Å²) in [6.45, 7) is 2.68. The van der Waals surface area contributed by atoms with Crippen LogP contribution in [0.5, 0.6) is 0 Å². The van der Waals surface area contributed by atoms with Crippen molar-refractivity contribution in [2.75, 3.05) is 18.0 Å². The zero-order chi connectivity index (χ0) is 22.7. The van der Waals surface area contributed by atoms with Gasteiger partial charge < -0.3 is 9.80 Å². The van der Waals surface area contributed by atoms with Crippen molar-refractivity contribution < 1.29 is 16.4 Å². The fraction of sp³-hybridized carbons (Fsp3) is 0.364. The number of hydrogen-bond acceptors (Lipinski definition) is 2. The van der Waals surface area contributed by atoms with Crippen molar-refractivity contribution >= 4 is 17.5 Å². The Morgan fingerprint density at radius 2 is 1.96 bits per heavy atom. The molecule has 4 heteroatoms. The van der Waals surface area contributed by atoms with Crippen LogP contribution < -0.4 is 4.90 Å². The fourth-order valence-electron chi connectivity index (χ4n) is 3.27. The summed E-state index contributed by atoms with van der Waals surface area (Å²) in [5.74, 6) is -0.470. The molecular formula is C22H26N2O2. The van der Waals surface area contributed by atoms with Crippen LogP contribution in [0.2, 0.25) is 0 Å². The number of rotatable bonds is 6. The third kappa shape index (κ3) is 4.31. The van der Waals surface area contributed by atoms with Crippen LogP contribution in [0.4, 0.5) is 5.69 Å². The second-order valence-electron chi connectivity index (χ2n) is 6.35. The first-order valence-electron chi connectivity index (χ1n) is 11.5. The third-order valence-electron chi connectivity index (χ3n) is 4.67. The maximum atomic E-state index is 12.8. The van der Waals surface area contributed by atoms with Crippen molar-refractivity contribution in [1.82, 2.24) is 4.90 Å². The number of nitrogens with zero attached hydrogens (tertiary/aromatic N) is 2. The van der Waals surface area contributed by atoms with Crippen molar-refractivity contribution in [3.05, 3.63) is 66.1 Å². The molecule has 0 bridgehead atoms. The number of benzene rings is 2. The lowest BCUT2D eigenvalue weighted by molar-refractivity contribution is -0.134.